The van der Waals surface area contributed by atoms with Crippen LogP contribution >= 0.6 is 0 Å². The second-order valence-electron chi connectivity index (χ2n) is 7.56. The topological polar surface area (TPSA) is 14.1 Å². The van der Waals surface area contributed by atoms with Gasteiger partial charge in [-0.2, -0.15) is 0 Å². The van der Waals surface area contributed by atoms with E-state index in [1.54, 1.807) is 0 Å². The molecule has 0 fully saturated rings. The van der Waals surface area contributed by atoms with Crippen molar-refractivity contribution in [3.63, 3.8) is 0 Å². The molecule has 0 aliphatic rings. The van der Waals surface area contributed by atoms with Gasteiger partial charge in [0.05, 0.1) is 0 Å². The lowest BCUT2D eigenvalue weighted by Crippen LogP contribution is -2.29. The average molecular weight is 270 g/mol. The van der Waals surface area contributed by atoms with Crippen LogP contribution in [0.5, 0.6) is 0 Å². The van der Waals surface area contributed by atoms with E-state index in [0.717, 1.165) is 6.42 Å². The highest BCUT2D eigenvalue weighted by Crippen LogP contribution is 2.41. The van der Waals surface area contributed by atoms with Crippen LogP contribution in [0.25, 0.3) is 10.9 Å². The van der Waals surface area contributed by atoms with E-state index in [4.69, 9.17) is 0 Å². The van der Waals surface area contributed by atoms with Gasteiger partial charge in [0.1, 0.15) is 0 Å². The van der Waals surface area contributed by atoms with E-state index >= 15 is 0 Å². The van der Waals surface area contributed by atoms with E-state index in [-0.39, 0.29) is 0 Å². The molecule has 1 heterocycles. The number of pyridine rings is 1. The zero-order chi connectivity index (χ0) is 14.8. The first-order valence-electron chi connectivity index (χ1n) is 7.70. The van der Waals surface area contributed by atoms with Crippen LogP contribution in [0.3, 0.4) is 0 Å². The van der Waals surface area contributed by atoms with Gasteiger partial charge in [0.2, 0.25) is 5.52 Å². The summed E-state index contributed by atoms with van der Waals surface area (Å²) in [7, 11) is 0. The molecular formula is C19H28N+. The predicted molar refractivity (Wildman–Crippen MR) is 86.7 cm³/mol. The minimum atomic E-state index is 0.361. The van der Waals surface area contributed by atoms with Gasteiger partial charge < -0.3 is 0 Å². The van der Waals surface area contributed by atoms with Crippen molar-refractivity contribution < 1.29 is 4.98 Å². The zero-order valence-electron chi connectivity index (χ0n) is 13.6. The molecular weight excluding hydrogens is 242 g/mol. The highest BCUT2D eigenvalue weighted by molar-refractivity contribution is 5.74. The molecule has 0 saturated heterocycles. The molecule has 0 saturated carbocycles. The van der Waals surface area contributed by atoms with E-state index in [2.05, 4.69) is 76.0 Å². The second-order valence-corrected chi connectivity index (χ2v) is 7.56. The van der Waals surface area contributed by atoms with Crippen LogP contribution in [0.2, 0.25) is 0 Å². The molecule has 1 heteroatoms. The molecule has 0 amide bonds. The smallest absolute Gasteiger partial charge is 0.208 e. The van der Waals surface area contributed by atoms with Crippen LogP contribution in [0.4, 0.5) is 0 Å². The van der Waals surface area contributed by atoms with E-state index < -0.39 is 0 Å². The van der Waals surface area contributed by atoms with Crippen molar-refractivity contribution in [1.29, 1.82) is 0 Å². The SMILES string of the molecule is CC(C)(C)C(C)(C)CCCc1ccc2ccccc2[nH+]1. The molecule has 0 aliphatic heterocycles. The van der Waals surface area contributed by atoms with Crippen molar-refractivity contribution in [2.75, 3.05) is 0 Å². The zero-order valence-corrected chi connectivity index (χ0v) is 13.6. The number of rotatable bonds is 4. The third kappa shape index (κ3) is 3.39. The summed E-state index contributed by atoms with van der Waals surface area (Å²) in [5.41, 5.74) is 3.32. The molecule has 20 heavy (non-hydrogen) atoms. The number of hydrogen-bond donors (Lipinski definition) is 0. The average Bonchev–Trinajstić information content (AvgIpc) is 2.37. The molecule has 2 aromatic rings. The van der Waals surface area contributed by atoms with Crippen LogP contribution in [0, 0.1) is 10.8 Å². The number of fused-ring (bicyclic) bond motifs is 1. The van der Waals surface area contributed by atoms with Gasteiger partial charge in [-0.05, 0) is 35.8 Å². The van der Waals surface area contributed by atoms with E-state index in [0.29, 0.717) is 10.8 Å². The predicted octanol–water partition coefficient (Wildman–Crippen LogP) is 5.05. The fraction of sp³-hybridized carbons (Fsp3) is 0.526. The van der Waals surface area contributed by atoms with Crippen molar-refractivity contribution >= 4 is 10.9 Å². The van der Waals surface area contributed by atoms with Crippen LogP contribution in [0.15, 0.2) is 36.4 Å². The molecule has 2 rings (SSSR count). The van der Waals surface area contributed by atoms with Gasteiger partial charge in [-0.15, -0.1) is 0 Å². The normalized spacial score (nSPS) is 12.8. The third-order valence-electron chi connectivity index (χ3n) is 5.00. The Kier molecular flexibility index (Phi) is 4.17. The summed E-state index contributed by atoms with van der Waals surface area (Å²) in [5, 5.41) is 1.28. The lowest BCUT2D eigenvalue weighted by Gasteiger charge is -2.39. The molecule has 0 radical (unpaired) electrons. The number of para-hydroxylation sites is 1. The van der Waals surface area contributed by atoms with E-state index in [9.17, 15) is 0 Å². The summed E-state index contributed by atoms with van der Waals surface area (Å²) in [6.07, 6.45) is 3.63. The van der Waals surface area contributed by atoms with Crippen LogP contribution in [-0.4, -0.2) is 0 Å². The van der Waals surface area contributed by atoms with Crippen molar-refractivity contribution in [2.45, 2.75) is 53.9 Å². The number of aryl methyl sites for hydroxylation is 1. The van der Waals surface area contributed by atoms with E-state index in [1.807, 2.05) is 0 Å². The summed E-state index contributed by atoms with van der Waals surface area (Å²) in [6, 6.07) is 12.9. The summed E-state index contributed by atoms with van der Waals surface area (Å²) < 4.78 is 0. The molecule has 1 aromatic heterocycles. The number of nitrogens with one attached hydrogen (secondary N) is 1. The second kappa shape index (κ2) is 5.55. The molecule has 1 N–H and O–H groups in total. The van der Waals surface area contributed by atoms with Crippen LogP contribution < -0.4 is 4.98 Å². The number of aromatic amines is 1. The fourth-order valence-corrected chi connectivity index (χ4v) is 2.40. The van der Waals surface area contributed by atoms with Crippen molar-refractivity contribution in [2.24, 2.45) is 10.8 Å². The van der Waals surface area contributed by atoms with Crippen molar-refractivity contribution in [1.82, 2.24) is 0 Å². The third-order valence-corrected chi connectivity index (χ3v) is 5.00. The number of aromatic nitrogens is 1. The van der Waals surface area contributed by atoms with Gasteiger partial charge in [-0.3, -0.25) is 0 Å². The quantitative estimate of drug-likeness (QED) is 0.738. The largest absolute Gasteiger partial charge is 0.210 e. The summed E-state index contributed by atoms with van der Waals surface area (Å²) in [5.74, 6) is 0. The Hall–Kier alpha value is -1.37. The van der Waals surface area contributed by atoms with Gasteiger partial charge in [0.25, 0.3) is 0 Å². The van der Waals surface area contributed by atoms with E-state index in [1.165, 1.54) is 29.4 Å². The maximum atomic E-state index is 3.55. The molecule has 108 valence electrons. The Bertz CT molecular complexity index is 576. The summed E-state index contributed by atoms with van der Waals surface area (Å²) in [6.45, 7) is 11.8. The van der Waals surface area contributed by atoms with Crippen LogP contribution in [-0.2, 0) is 6.42 Å². The Morgan fingerprint density at radius 2 is 1.60 bits per heavy atom. The van der Waals surface area contributed by atoms with Crippen molar-refractivity contribution in [3.05, 3.63) is 42.1 Å². The molecule has 0 atom stereocenters. The Labute approximate surface area is 123 Å². The minimum Gasteiger partial charge on any atom is -0.208 e. The van der Waals surface area contributed by atoms with Crippen LogP contribution in [0.1, 0.15) is 53.2 Å². The Balaban J connectivity index is 2.00. The highest BCUT2D eigenvalue weighted by atomic mass is 14.7. The number of H-pyrrole nitrogens is 1. The molecule has 1 aromatic carbocycles. The Morgan fingerprint density at radius 1 is 0.900 bits per heavy atom. The Morgan fingerprint density at radius 3 is 2.30 bits per heavy atom. The molecule has 0 aliphatic carbocycles. The van der Waals surface area contributed by atoms with Gasteiger partial charge >= 0.3 is 0 Å². The first-order valence-corrected chi connectivity index (χ1v) is 7.70. The first-order chi connectivity index (χ1) is 9.29. The molecule has 0 spiro atoms. The fourth-order valence-electron chi connectivity index (χ4n) is 2.40. The lowest BCUT2D eigenvalue weighted by atomic mass is 9.67. The highest BCUT2D eigenvalue weighted by Gasteiger charge is 2.31. The standard InChI is InChI=1S/C19H27N/c1-18(2,3)19(4,5)14-8-10-16-13-12-15-9-6-7-11-17(15)20-16/h6-7,9,11-13H,8,10,14H2,1-5H3/p+1. The molecule has 1 nitrogen and oxygen atoms in total. The van der Waals surface area contributed by atoms with Gasteiger partial charge in [0.15, 0.2) is 5.69 Å². The number of hydrogen-bond acceptors (Lipinski definition) is 0. The van der Waals surface area contributed by atoms with Gasteiger partial charge in [-0.25, -0.2) is 4.98 Å². The lowest BCUT2D eigenvalue weighted by molar-refractivity contribution is -0.357. The molecule has 0 unspecified atom stereocenters. The molecule has 0 bridgehead atoms. The number of benzene rings is 1. The monoisotopic (exact) mass is 270 g/mol. The summed E-state index contributed by atoms with van der Waals surface area (Å²) >= 11 is 0. The maximum Gasteiger partial charge on any atom is 0.210 e. The minimum absolute atomic E-state index is 0.361. The summed E-state index contributed by atoms with van der Waals surface area (Å²) in [4.78, 5) is 3.55. The first kappa shape index (κ1) is 15.0. The van der Waals surface area contributed by atoms with Gasteiger partial charge in [0, 0.05) is 23.9 Å². The van der Waals surface area contributed by atoms with Crippen molar-refractivity contribution in [3.8, 4) is 0 Å². The van der Waals surface area contributed by atoms with Gasteiger partial charge in [-0.1, -0.05) is 46.8 Å². The maximum absolute atomic E-state index is 3.55.